The molecule has 140 valence electrons. The number of nitrogens with zero attached hydrogens (tertiary/aromatic N) is 2. The van der Waals surface area contributed by atoms with Crippen molar-refractivity contribution in [1.82, 2.24) is 9.63 Å². The van der Waals surface area contributed by atoms with Crippen molar-refractivity contribution in [2.24, 2.45) is 0 Å². The fraction of sp³-hybridized carbons (Fsp3) is 0.455. The Morgan fingerprint density at radius 1 is 1.28 bits per heavy atom. The molecule has 1 aromatic rings. The van der Waals surface area contributed by atoms with Gasteiger partial charge >= 0.3 is 18.1 Å². The zero-order valence-corrected chi connectivity index (χ0v) is 12.9. The van der Waals surface area contributed by atoms with Gasteiger partial charge in [-0.05, 0) is 12.8 Å². The molecular formula is C11H11F3N2O8S. The minimum absolute atomic E-state index is 0.0709. The quantitative estimate of drug-likeness (QED) is 0.596. The number of likely N-dealkylation sites (tertiary alicyclic amines) is 1. The van der Waals surface area contributed by atoms with Crippen LogP contribution < -0.4 is 4.84 Å². The van der Waals surface area contributed by atoms with Gasteiger partial charge in [0.25, 0.3) is 16.0 Å². The van der Waals surface area contributed by atoms with Crippen molar-refractivity contribution in [2.45, 2.75) is 30.0 Å². The molecule has 25 heavy (non-hydrogen) atoms. The number of alkyl halides is 3. The summed E-state index contributed by atoms with van der Waals surface area (Å²) >= 11 is 0. The van der Waals surface area contributed by atoms with Crippen molar-refractivity contribution in [2.75, 3.05) is 6.54 Å². The second kappa shape index (κ2) is 6.11. The first kappa shape index (κ1) is 18.9. The van der Waals surface area contributed by atoms with E-state index >= 15 is 0 Å². The van der Waals surface area contributed by atoms with Gasteiger partial charge in [0.2, 0.25) is 5.88 Å². The van der Waals surface area contributed by atoms with Crippen LogP contribution in [0.25, 0.3) is 0 Å². The van der Waals surface area contributed by atoms with Crippen LogP contribution in [0.2, 0.25) is 0 Å². The van der Waals surface area contributed by atoms with Gasteiger partial charge < -0.3 is 20.0 Å². The fourth-order valence-electron chi connectivity index (χ4n) is 2.30. The van der Waals surface area contributed by atoms with Crippen molar-refractivity contribution < 1.29 is 50.8 Å². The Morgan fingerprint density at radius 2 is 1.88 bits per heavy atom. The maximum atomic E-state index is 12.5. The minimum atomic E-state index is -5.21. The zero-order valence-electron chi connectivity index (χ0n) is 12.1. The molecule has 10 nitrogen and oxygen atoms in total. The first-order chi connectivity index (χ1) is 11.3. The van der Waals surface area contributed by atoms with Gasteiger partial charge in [0.15, 0.2) is 4.90 Å². The van der Waals surface area contributed by atoms with Gasteiger partial charge in [0.05, 0.1) is 0 Å². The van der Waals surface area contributed by atoms with Gasteiger partial charge in [0, 0.05) is 12.6 Å². The molecule has 0 spiro atoms. The molecule has 0 radical (unpaired) electrons. The second-order valence-corrected chi connectivity index (χ2v) is 6.41. The number of aromatic hydroxyl groups is 2. The normalized spacial score (nSPS) is 18.4. The molecule has 2 heterocycles. The van der Waals surface area contributed by atoms with E-state index in [2.05, 4.69) is 4.84 Å². The highest BCUT2D eigenvalue weighted by Crippen LogP contribution is 2.31. The van der Waals surface area contributed by atoms with Crippen LogP contribution in [0.5, 0.6) is 11.8 Å². The third-order valence-corrected chi connectivity index (χ3v) is 4.22. The van der Waals surface area contributed by atoms with Gasteiger partial charge in [-0.25, -0.2) is 4.79 Å². The molecule has 1 saturated heterocycles. The highest BCUT2D eigenvalue weighted by Gasteiger charge is 2.48. The molecule has 1 fully saturated rings. The predicted molar refractivity (Wildman–Crippen MR) is 70.0 cm³/mol. The molecule has 0 saturated carbocycles. The highest BCUT2D eigenvalue weighted by molar-refractivity contribution is 7.86. The lowest BCUT2D eigenvalue weighted by Crippen LogP contribution is -2.48. The van der Waals surface area contributed by atoms with Gasteiger partial charge in [-0.15, -0.1) is 4.73 Å². The molecule has 1 aliphatic rings. The molecule has 1 aromatic heterocycles. The third-order valence-electron chi connectivity index (χ3n) is 3.37. The van der Waals surface area contributed by atoms with E-state index in [1.807, 2.05) is 0 Å². The summed E-state index contributed by atoms with van der Waals surface area (Å²) in [5, 5.41) is 19.0. The van der Waals surface area contributed by atoms with Crippen LogP contribution in [0, 0.1) is 0 Å². The van der Waals surface area contributed by atoms with Crippen LogP contribution in [0.15, 0.2) is 11.0 Å². The number of aromatic nitrogens is 1. The van der Waals surface area contributed by atoms with E-state index in [-0.39, 0.29) is 29.0 Å². The van der Waals surface area contributed by atoms with Crippen LogP contribution in [0.4, 0.5) is 13.2 Å². The summed E-state index contributed by atoms with van der Waals surface area (Å²) in [7, 11) is -4.97. The van der Waals surface area contributed by atoms with Gasteiger partial charge in [0.1, 0.15) is 6.04 Å². The molecule has 1 atom stereocenters. The number of halogens is 3. The second-order valence-electron chi connectivity index (χ2n) is 5.02. The van der Waals surface area contributed by atoms with E-state index in [1.165, 1.54) is 0 Å². The average molecular weight is 388 g/mol. The summed E-state index contributed by atoms with van der Waals surface area (Å²) in [5.41, 5.74) is 0. The minimum Gasteiger partial charge on any atom is -0.492 e. The summed E-state index contributed by atoms with van der Waals surface area (Å²) < 4.78 is 68.2. The molecule has 1 aliphatic heterocycles. The monoisotopic (exact) mass is 388 g/mol. The Kier molecular flexibility index (Phi) is 4.61. The Balaban J connectivity index is 2.26. The SMILES string of the molecule is O=C(On1c(O)cc(S(=O)(=O)O)c1O)[C@@H]1CCCN1C(=O)C(F)(F)F. The van der Waals surface area contributed by atoms with Crippen molar-refractivity contribution in [1.29, 1.82) is 0 Å². The zero-order chi connectivity index (χ0) is 19.2. The van der Waals surface area contributed by atoms with E-state index in [0.29, 0.717) is 6.07 Å². The summed E-state index contributed by atoms with van der Waals surface area (Å²) in [6.45, 7) is -0.363. The van der Waals surface area contributed by atoms with Crippen LogP contribution in [-0.4, -0.2) is 63.5 Å². The average Bonchev–Trinajstić information content (AvgIpc) is 3.04. The smallest absolute Gasteiger partial charge is 0.471 e. The maximum Gasteiger partial charge on any atom is 0.471 e. The van der Waals surface area contributed by atoms with Gasteiger partial charge in [-0.2, -0.15) is 21.6 Å². The Labute approximate surface area is 137 Å². The maximum absolute atomic E-state index is 12.5. The fourth-order valence-corrected chi connectivity index (χ4v) is 2.87. The first-order valence-electron chi connectivity index (χ1n) is 6.55. The lowest BCUT2D eigenvalue weighted by atomic mass is 10.2. The molecule has 0 aromatic carbocycles. The molecule has 2 rings (SSSR count). The Bertz CT molecular complexity index is 816. The van der Waals surface area contributed by atoms with Crippen LogP contribution >= 0.6 is 0 Å². The number of carbonyl (C=O) groups excluding carboxylic acids is 2. The summed E-state index contributed by atoms with van der Waals surface area (Å²) in [6, 6.07) is -1.30. The van der Waals surface area contributed by atoms with Crippen LogP contribution in [-0.2, 0) is 19.7 Å². The lowest BCUT2D eigenvalue weighted by Gasteiger charge is -2.23. The number of rotatable bonds is 3. The molecule has 0 bridgehead atoms. The standard InChI is InChI=1S/C11H11F3N2O8S/c12-11(13,14)10(20)15-3-1-2-5(15)9(19)24-16-7(17)4-6(8(16)18)25(21,22)23/h4-5,17-18H,1-3H2,(H,21,22,23)/t5-/m0/s1. The van der Waals surface area contributed by atoms with Crippen molar-refractivity contribution in [3.05, 3.63) is 6.07 Å². The van der Waals surface area contributed by atoms with E-state index in [0.717, 1.165) is 0 Å². The molecule has 3 N–H and O–H groups in total. The molecule has 0 aliphatic carbocycles. The molecular weight excluding hydrogens is 377 g/mol. The summed E-state index contributed by atoms with van der Waals surface area (Å²) in [6.07, 6.45) is -5.31. The molecule has 1 amide bonds. The topological polar surface area (TPSA) is 146 Å². The summed E-state index contributed by atoms with van der Waals surface area (Å²) in [5.74, 6) is -6.20. The largest absolute Gasteiger partial charge is 0.492 e. The van der Waals surface area contributed by atoms with Crippen LogP contribution in [0.3, 0.4) is 0 Å². The predicted octanol–water partition coefficient (Wildman–Crippen LogP) is -0.346. The van der Waals surface area contributed by atoms with Gasteiger partial charge in [-0.3, -0.25) is 9.35 Å². The number of carbonyl (C=O) groups is 2. The Morgan fingerprint density at radius 3 is 2.36 bits per heavy atom. The van der Waals surface area contributed by atoms with E-state index in [9.17, 15) is 41.4 Å². The number of amides is 1. The van der Waals surface area contributed by atoms with Crippen molar-refractivity contribution >= 4 is 22.0 Å². The third kappa shape index (κ3) is 3.63. The van der Waals surface area contributed by atoms with Crippen molar-refractivity contribution in [3.8, 4) is 11.8 Å². The van der Waals surface area contributed by atoms with Crippen LogP contribution in [0.1, 0.15) is 12.8 Å². The van der Waals surface area contributed by atoms with E-state index in [1.54, 1.807) is 0 Å². The van der Waals surface area contributed by atoms with E-state index < -0.39 is 50.9 Å². The van der Waals surface area contributed by atoms with Crippen molar-refractivity contribution in [3.63, 3.8) is 0 Å². The number of hydrogen-bond acceptors (Lipinski definition) is 7. The number of hydrogen-bond donors (Lipinski definition) is 3. The molecule has 0 unspecified atom stereocenters. The molecule has 14 heteroatoms. The highest BCUT2D eigenvalue weighted by atomic mass is 32.2. The summed E-state index contributed by atoms with van der Waals surface area (Å²) in [4.78, 5) is 26.8. The van der Waals surface area contributed by atoms with Gasteiger partial charge in [-0.1, -0.05) is 0 Å². The first-order valence-corrected chi connectivity index (χ1v) is 7.99. The Hall–Kier alpha value is -2.48. The lowest BCUT2D eigenvalue weighted by molar-refractivity contribution is -0.188. The van der Waals surface area contributed by atoms with E-state index in [4.69, 9.17) is 4.55 Å².